The van der Waals surface area contributed by atoms with Gasteiger partial charge in [0, 0.05) is 5.92 Å². The molecule has 16 heavy (non-hydrogen) atoms. The van der Waals surface area contributed by atoms with Gasteiger partial charge in [0.1, 0.15) is 6.29 Å². The van der Waals surface area contributed by atoms with E-state index in [4.69, 9.17) is 0 Å². The molecular formula is C15H24O. The first-order valence-electron chi connectivity index (χ1n) is 5.97. The number of carbonyl (C=O) groups is 1. The first-order valence-corrected chi connectivity index (χ1v) is 5.97. The summed E-state index contributed by atoms with van der Waals surface area (Å²) in [4.78, 5) is 10.6. The van der Waals surface area contributed by atoms with Crippen molar-refractivity contribution in [2.24, 2.45) is 5.92 Å². The first kappa shape index (κ1) is 14.9. The molecule has 0 N–H and O–H groups in total. The fraction of sp³-hybridized carbons (Fsp3) is 0.533. The van der Waals surface area contributed by atoms with Crippen molar-refractivity contribution in [3.05, 3.63) is 36.0 Å². The highest BCUT2D eigenvalue weighted by atomic mass is 16.1. The summed E-state index contributed by atoms with van der Waals surface area (Å²) in [6.45, 7) is 10.0. The molecule has 0 aromatic heterocycles. The lowest BCUT2D eigenvalue weighted by Gasteiger charge is -2.02. The number of carbonyl (C=O) groups excluding carboxylic acids is 1. The Labute approximate surface area is 99.9 Å². The standard InChI is InChI=1S/C15H24O/c1-5-15(12-16)11-7-10-14(4)9-6-8-13(2)3/h5,8,10,12,15H,1,6-7,9,11H2,2-4H3/b14-10-. The third-order valence-corrected chi connectivity index (χ3v) is 2.56. The Bertz CT molecular complexity index is 259. The summed E-state index contributed by atoms with van der Waals surface area (Å²) in [7, 11) is 0. The van der Waals surface area contributed by atoms with Gasteiger partial charge in [0.15, 0.2) is 0 Å². The predicted octanol–water partition coefficient (Wildman–Crippen LogP) is 4.46. The highest BCUT2D eigenvalue weighted by Crippen LogP contribution is 2.11. The minimum atomic E-state index is 0.0156. The van der Waals surface area contributed by atoms with Crippen molar-refractivity contribution in [3.63, 3.8) is 0 Å². The Morgan fingerprint density at radius 3 is 2.38 bits per heavy atom. The number of rotatable bonds is 8. The van der Waals surface area contributed by atoms with E-state index in [0.717, 1.165) is 32.0 Å². The van der Waals surface area contributed by atoms with Gasteiger partial charge in [-0.2, -0.15) is 0 Å². The largest absolute Gasteiger partial charge is 0.303 e. The number of allylic oxidation sites excluding steroid dienone is 5. The van der Waals surface area contributed by atoms with Gasteiger partial charge in [0.05, 0.1) is 0 Å². The highest BCUT2D eigenvalue weighted by molar-refractivity contribution is 5.56. The van der Waals surface area contributed by atoms with E-state index in [2.05, 4.69) is 39.5 Å². The molecule has 0 saturated carbocycles. The molecule has 1 atom stereocenters. The number of hydrogen-bond donors (Lipinski definition) is 0. The molecule has 90 valence electrons. The van der Waals surface area contributed by atoms with E-state index >= 15 is 0 Å². The van der Waals surface area contributed by atoms with Crippen molar-refractivity contribution in [1.82, 2.24) is 0 Å². The van der Waals surface area contributed by atoms with Gasteiger partial charge in [0.25, 0.3) is 0 Å². The second-order valence-electron chi connectivity index (χ2n) is 4.48. The average molecular weight is 220 g/mol. The topological polar surface area (TPSA) is 17.1 Å². The molecule has 0 rings (SSSR count). The Kier molecular flexibility index (Phi) is 8.51. The second-order valence-corrected chi connectivity index (χ2v) is 4.48. The zero-order chi connectivity index (χ0) is 12.4. The third-order valence-electron chi connectivity index (χ3n) is 2.56. The molecule has 1 unspecified atom stereocenters. The van der Waals surface area contributed by atoms with Crippen LogP contribution in [0.5, 0.6) is 0 Å². The van der Waals surface area contributed by atoms with Crippen LogP contribution in [-0.2, 0) is 4.79 Å². The van der Waals surface area contributed by atoms with E-state index in [1.54, 1.807) is 6.08 Å². The summed E-state index contributed by atoms with van der Waals surface area (Å²) in [6.07, 6.45) is 11.3. The Morgan fingerprint density at radius 1 is 1.19 bits per heavy atom. The van der Waals surface area contributed by atoms with E-state index < -0.39 is 0 Å². The van der Waals surface area contributed by atoms with Gasteiger partial charge >= 0.3 is 0 Å². The molecule has 0 aromatic rings. The van der Waals surface area contributed by atoms with Gasteiger partial charge in [0.2, 0.25) is 0 Å². The molecule has 0 heterocycles. The summed E-state index contributed by atoms with van der Waals surface area (Å²) in [6, 6.07) is 0. The lowest BCUT2D eigenvalue weighted by Crippen LogP contribution is -1.95. The molecule has 0 aliphatic heterocycles. The molecule has 0 bridgehead atoms. The number of aldehydes is 1. The zero-order valence-corrected chi connectivity index (χ0v) is 10.8. The Balaban J connectivity index is 3.82. The van der Waals surface area contributed by atoms with Crippen LogP contribution in [0.4, 0.5) is 0 Å². The Hall–Kier alpha value is -1.11. The summed E-state index contributed by atoms with van der Waals surface area (Å²) in [5, 5.41) is 0. The van der Waals surface area contributed by atoms with Gasteiger partial charge in [-0.15, -0.1) is 6.58 Å². The van der Waals surface area contributed by atoms with Crippen LogP contribution in [0.25, 0.3) is 0 Å². The molecule has 1 heteroatoms. The smallest absolute Gasteiger partial charge is 0.126 e. The van der Waals surface area contributed by atoms with E-state index in [1.807, 2.05) is 0 Å². The van der Waals surface area contributed by atoms with Crippen molar-refractivity contribution < 1.29 is 4.79 Å². The first-order chi connectivity index (χ1) is 7.60. The van der Waals surface area contributed by atoms with Gasteiger partial charge in [-0.25, -0.2) is 0 Å². The van der Waals surface area contributed by atoms with Crippen LogP contribution in [0.15, 0.2) is 36.0 Å². The predicted molar refractivity (Wildman–Crippen MR) is 71.4 cm³/mol. The quantitative estimate of drug-likeness (QED) is 0.436. The maximum Gasteiger partial charge on any atom is 0.126 e. The minimum Gasteiger partial charge on any atom is -0.303 e. The number of hydrogen-bond acceptors (Lipinski definition) is 1. The van der Waals surface area contributed by atoms with Crippen molar-refractivity contribution in [2.45, 2.75) is 46.5 Å². The Morgan fingerprint density at radius 2 is 1.88 bits per heavy atom. The zero-order valence-electron chi connectivity index (χ0n) is 10.8. The maximum atomic E-state index is 10.6. The van der Waals surface area contributed by atoms with Crippen molar-refractivity contribution in [2.75, 3.05) is 0 Å². The van der Waals surface area contributed by atoms with Crippen molar-refractivity contribution in [3.8, 4) is 0 Å². The van der Waals surface area contributed by atoms with E-state index in [1.165, 1.54) is 11.1 Å². The summed E-state index contributed by atoms with van der Waals surface area (Å²) >= 11 is 0. The summed E-state index contributed by atoms with van der Waals surface area (Å²) < 4.78 is 0. The van der Waals surface area contributed by atoms with Crippen LogP contribution < -0.4 is 0 Å². The molecule has 0 amide bonds. The van der Waals surface area contributed by atoms with Crippen LogP contribution in [0, 0.1) is 5.92 Å². The van der Waals surface area contributed by atoms with Gasteiger partial charge in [-0.1, -0.05) is 29.4 Å². The molecule has 0 radical (unpaired) electrons. The van der Waals surface area contributed by atoms with Crippen molar-refractivity contribution >= 4 is 6.29 Å². The van der Waals surface area contributed by atoms with Gasteiger partial charge in [-0.3, -0.25) is 0 Å². The lowest BCUT2D eigenvalue weighted by atomic mass is 10.0. The molecule has 0 aliphatic carbocycles. The molecule has 1 nitrogen and oxygen atoms in total. The van der Waals surface area contributed by atoms with Crippen molar-refractivity contribution in [1.29, 1.82) is 0 Å². The molecular weight excluding hydrogens is 196 g/mol. The molecule has 0 aromatic carbocycles. The van der Waals surface area contributed by atoms with E-state index in [-0.39, 0.29) is 5.92 Å². The van der Waals surface area contributed by atoms with Crippen LogP contribution in [-0.4, -0.2) is 6.29 Å². The van der Waals surface area contributed by atoms with Crippen LogP contribution in [0.2, 0.25) is 0 Å². The normalized spacial score (nSPS) is 13.1. The average Bonchev–Trinajstić information content (AvgIpc) is 2.24. The highest BCUT2D eigenvalue weighted by Gasteiger charge is 1.99. The maximum absolute atomic E-state index is 10.6. The van der Waals surface area contributed by atoms with E-state index in [9.17, 15) is 4.79 Å². The van der Waals surface area contributed by atoms with Crippen LogP contribution in [0.1, 0.15) is 46.5 Å². The molecule has 0 aliphatic rings. The summed E-state index contributed by atoms with van der Waals surface area (Å²) in [5.74, 6) is 0.0156. The van der Waals surface area contributed by atoms with Crippen LogP contribution >= 0.6 is 0 Å². The monoisotopic (exact) mass is 220 g/mol. The molecule has 0 saturated heterocycles. The lowest BCUT2D eigenvalue weighted by molar-refractivity contribution is -0.110. The fourth-order valence-corrected chi connectivity index (χ4v) is 1.45. The van der Waals surface area contributed by atoms with Gasteiger partial charge in [-0.05, 0) is 46.5 Å². The minimum absolute atomic E-state index is 0.0156. The third kappa shape index (κ3) is 8.22. The second kappa shape index (κ2) is 9.14. The fourth-order valence-electron chi connectivity index (χ4n) is 1.45. The summed E-state index contributed by atoms with van der Waals surface area (Å²) in [5.41, 5.74) is 2.78. The van der Waals surface area contributed by atoms with Crippen LogP contribution in [0.3, 0.4) is 0 Å². The van der Waals surface area contributed by atoms with Gasteiger partial charge < -0.3 is 4.79 Å². The molecule has 0 spiro atoms. The molecule has 0 fully saturated rings. The SMILES string of the molecule is C=CC(C=O)CC/C=C(/C)CCC=C(C)C. The van der Waals surface area contributed by atoms with E-state index in [0.29, 0.717) is 0 Å².